The molecule has 0 spiro atoms. The Balaban J connectivity index is 1.83. The zero-order valence-electron chi connectivity index (χ0n) is 14.6. The molecule has 1 amide bonds. The topological polar surface area (TPSA) is 141 Å². The Morgan fingerprint density at radius 3 is 2.85 bits per heavy atom. The molecule has 0 atom stereocenters. The van der Waals surface area contributed by atoms with Crippen LogP contribution in [-0.4, -0.2) is 47.4 Å². The van der Waals surface area contributed by atoms with Crippen molar-refractivity contribution in [2.45, 2.75) is 6.92 Å². The third kappa shape index (κ3) is 3.01. The minimum absolute atomic E-state index is 0.346. The molecule has 11 nitrogen and oxygen atoms in total. The fraction of sp³-hybridized carbons (Fsp3) is 0.125. The van der Waals surface area contributed by atoms with Crippen molar-refractivity contribution in [3.63, 3.8) is 0 Å². The molecule has 4 rings (SSSR count). The largest absolute Gasteiger partial charge is 0.384 e. The molecular formula is C16H16N10O. The van der Waals surface area contributed by atoms with E-state index in [1.807, 2.05) is 6.07 Å². The number of nitrogen functional groups attached to an aromatic ring is 1. The standard InChI is InChI=1S/C16H16N10O/c1-9-20-10(8-11(17)21-9)14-15(23-13-4-3-6-19-26(13)14)22-12-5-7-25(24-12)16(27)18-2/h3-8H,1-2H3,(H,18,27)(H,22,24)(H2,17,20,21). The zero-order chi connectivity index (χ0) is 19.0. The van der Waals surface area contributed by atoms with E-state index in [1.54, 1.807) is 42.0 Å². The maximum absolute atomic E-state index is 11.7. The highest BCUT2D eigenvalue weighted by Gasteiger charge is 2.18. The fourth-order valence-electron chi connectivity index (χ4n) is 2.66. The summed E-state index contributed by atoms with van der Waals surface area (Å²) in [5.41, 5.74) is 7.68. The number of hydrogen-bond donors (Lipinski definition) is 3. The highest BCUT2D eigenvalue weighted by Crippen LogP contribution is 2.29. The van der Waals surface area contributed by atoms with Gasteiger partial charge in [0.2, 0.25) is 0 Å². The predicted molar refractivity (Wildman–Crippen MR) is 98.5 cm³/mol. The van der Waals surface area contributed by atoms with Crippen LogP contribution in [0.15, 0.2) is 36.7 Å². The lowest BCUT2D eigenvalue weighted by Gasteiger charge is -2.06. The van der Waals surface area contributed by atoms with Crippen LogP contribution in [0, 0.1) is 6.92 Å². The van der Waals surface area contributed by atoms with E-state index in [-0.39, 0.29) is 6.03 Å². The Kier molecular flexibility index (Phi) is 3.88. The minimum Gasteiger partial charge on any atom is -0.384 e. The molecule has 0 aromatic carbocycles. The Morgan fingerprint density at radius 1 is 1.22 bits per heavy atom. The van der Waals surface area contributed by atoms with Crippen molar-refractivity contribution in [3.8, 4) is 11.4 Å². The van der Waals surface area contributed by atoms with E-state index >= 15 is 0 Å². The number of carbonyl (C=O) groups is 1. The lowest BCUT2D eigenvalue weighted by Crippen LogP contribution is -2.24. The highest BCUT2D eigenvalue weighted by atomic mass is 16.2. The van der Waals surface area contributed by atoms with Gasteiger partial charge in [0.1, 0.15) is 17.3 Å². The van der Waals surface area contributed by atoms with E-state index in [4.69, 9.17) is 5.73 Å². The van der Waals surface area contributed by atoms with Gasteiger partial charge in [-0.25, -0.2) is 24.3 Å². The van der Waals surface area contributed by atoms with Gasteiger partial charge in [-0.05, 0) is 19.1 Å². The molecule has 4 aromatic rings. The van der Waals surface area contributed by atoms with Gasteiger partial charge >= 0.3 is 6.03 Å². The number of nitrogens with two attached hydrogens (primary N) is 1. The Bertz CT molecular complexity index is 1130. The van der Waals surface area contributed by atoms with Gasteiger partial charge < -0.3 is 16.4 Å². The van der Waals surface area contributed by atoms with Gasteiger partial charge in [-0.3, -0.25) is 0 Å². The SMILES string of the molecule is CNC(=O)n1ccc(Nc2nc3cccnn3c2-c2cc(N)nc(C)n2)n1. The summed E-state index contributed by atoms with van der Waals surface area (Å²) in [4.78, 5) is 24.8. The number of nitrogens with zero attached hydrogens (tertiary/aromatic N) is 7. The van der Waals surface area contributed by atoms with Crippen molar-refractivity contribution >= 4 is 29.1 Å². The van der Waals surface area contributed by atoms with Crippen LogP contribution in [0.4, 0.5) is 22.2 Å². The van der Waals surface area contributed by atoms with Crippen molar-refractivity contribution in [3.05, 3.63) is 42.5 Å². The van der Waals surface area contributed by atoms with Crippen molar-refractivity contribution in [1.82, 2.24) is 39.7 Å². The zero-order valence-corrected chi connectivity index (χ0v) is 14.6. The van der Waals surface area contributed by atoms with Gasteiger partial charge in [-0.15, -0.1) is 5.10 Å². The molecular weight excluding hydrogens is 348 g/mol. The Labute approximate surface area is 153 Å². The van der Waals surface area contributed by atoms with E-state index < -0.39 is 0 Å². The third-order valence-corrected chi connectivity index (χ3v) is 3.75. The monoisotopic (exact) mass is 364 g/mol. The summed E-state index contributed by atoms with van der Waals surface area (Å²) in [6, 6.07) is 6.58. The first-order valence-corrected chi connectivity index (χ1v) is 8.05. The van der Waals surface area contributed by atoms with Crippen LogP contribution >= 0.6 is 0 Å². The van der Waals surface area contributed by atoms with Crippen LogP contribution in [0.1, 0.15) is 5.82 Å². The van der Waals surface area contributed by atoms with Crippen LogP contribution in [0.25, 0.3) is 17.0 Å². The van der Waals surface area contributed by atoms with E-state index in [1.165, 1.54) is 11.7 Å². The number of aromatic nitrogens is 7. The predicted octanol–water partition coefficient (Wildman–Crippen LogP) is 1.20. The molecule has 11 heteroatoms. The lowest BCUT2D eigenvalue weighted by atomic mass is 10.3. The summed E-state index contributed by atoms with van der Waals surface area (Å²) < 4.78 is 2.84. The number of anilines is 3. The highest BCUT2D eigenvalue weighted by molar-refractivity contribution is 5.79. The van der Waals surface area contributed by atoms with Crippen molar-refractivity contribution in [2.75, 3.05) is 18.1 Å². The average Bonchev–Trinajstić information content (AvgIpc) is 3.24. The summed E-state index contributed by atoms with van der Waals surface area (Å²) in [7, 11) is 1.53. The summed E-state index contributed by atoms with van der Waals surface area (Å²) >= 11 is 0. The second-order valence-electron chi connectivity index (χ2n) is 5.65. The molecule has 0 fully saturated rings. The summed E-state index contributed by atoms with van der Waals surface area (Å²) in [5, 5.41) is 14.1. The van der Waals surface area contributed by atoms with Gasteiger partial charge in [0.15, 0.2) is 17.3 Å². The molecule has 136 valence electrons. The van der Waals surface area contributed by atoms with Gasteiger partial charge in [0, 0.05) is 31.6 Å². The number of imidazole rings is 1. The summed E-state index contributed by atoms with van der Waals surface area (Å²) in [6.45, 7) is 1.76. The van der Waals surface area contributed by atoms with Crippen LogP contribution < -0.4 is 16.4 Å². The molecule has 0 aliphatic heterocycles. The molecule has 0 saturated carbocycles. The van der Waals surface area contributed by atoms with Crippen molar-refractivity contribution in [2.24, 2.45) is 0 Å². The van der Waals surface area contributed by atoms with E-state index in [0.717, 1.165) is 0 Å². The third-order valence-electron chi connectivity index (χ3n) is 3.75. The first kappa shape index (κ1) is 16.4. The van der Waals surface area contributed by atoms with Crippen LogP contribution in [0.2, 0.25) is 0 Å². The molecule has 0 aliphatic carbocycles. The normalized spacial score (nSPS) is 10.9. The van der Waals surface area contributed by atoms with Crippen LogP contribution in [0.5, 0.6) is 0 Å². The first-order valence-electron chi connectivity index (χ1n) is 8.05. The number of fused-ring (bicyclic) bond motifs is 1. The van der Waals surface area contributed by atoms with Crippen molar-refractivity contribution < 1.29 is 4.79 Å². The number of aryl methyl sites for hydroxylation is 1. The van der Waals surface area contributed by atoms with Gasteiger partial charge in [-0.2, -0.15) is 9.78 Å². The second kappa shape index (κ2) is 6.37. The summed E-state index contributed by atoms with van der Waals surface area (Å²) in [5.74, 6) is 1.80. The lowest BCUT2D eigenvalue weighted by molar-refractivity contribution is 0.241. The molecule has 0 radical (unpaired) electrons. The number of nitrogens with one attached hydrogen (secondary N) is 2. The maximum atomic E-state index is 11.7. The van der Waals surface area contributed by atoms with Crippen molar-refractivity contribution in [1.29, 1.82) is 0 Å². The summed E-state index contributed by atoms with van der Waals surface area (Å²) in [6.07, 6.45) is 3.20. The molecule has 0 aliphatic rings. The molecule has 4 heterocycles. The maximum Gasteiger partial charge on any atom is 0.341 e. The first-order chi connectivity index (χ1) is 13.0. The molecule has 4 aromatic heterocycles. The quantitative estimate of drug-likeness (QED) is 0.492. The van der Waals surface area contributed by atoms with Crippen LogP contribution in [0.3, 0.4) is 0 Å². The Hall–Kier alpha value is -4.02. The van der Waals surface area contributed by atoms with Gasteiger partial charge in [0.05, 0.1) is 5.69 Å². The van der Waals surface area contributed by atoms with Gasteiger partial charge in [0.25, 0.3) is 0 Å². The number of carbonyl (C=O) groups excluding carboxylic acids is 1. The fourth-order valence-corrected chi connectivity index (χ4v) is 2.66. The molecule has 0 unspecified atom stereocenters. The van der Waals surface area contributed by atoms with E-state index in [2.05, 4.69) is 35.8 Å². The molecule has 0 saturated heterocycles. The van der Waals surface area contributed by atoms with Gasteiger partial charge in [-0.1, -0.05) is 0 Å². The van der Waals surface area contributed by atoms with E-state index in [0.29, 0.717) is 40.3 Å². The number of amides is 1. The average molecular weight is 364 g/mol. The van der Waals surface area contributed by atoms with Crippen LogP contribution in [-0.2, 0) is 0 Å². The second-order valence-corrected chi connectivity index (χ2v) is 5.65. The molecule has 4 N–H and O–H groups in total. The minimum atomic E-state index is -0.348. The number of rotatable bonds is 3. The number of hydrogen-bond acceptors (Lipinski definition) is 8. The van der Waals surface area contributed by atoms with E-state index in [9.17, 15) is 4.79 Å². The molecule has 27 heavy (non-hydrogen) atoms. The molecule has 0 bridgehead atoms. The smallest absolute Gasteiger partial charge is 0.341 e. The Morgan fingerprint density at radius 2 is 2.07 bits per heavy atom.